The van der Waals surface area contributed by atoms with Crippen LogP contribution in [0.25, 0.3) is 0 Å². The number of nitrogens with one attached hydrogen (secondary N) is 1. The van der Waals surface area contributed by atoms with Crippen molar-refractivity contribution in [3.8, 4) is 0 Å². The molecule has 1 aromatic carbocycles. The Morgan fingerprint density at radius 1 is 1.31 bits per heavy atom. The molecule has 0 saturated carbocycles. The predicted molar refractivity (Wildman–Crippen MR) is 57.7 cm³/mol. The van der Waals surface area contributed by atoms with E-state index in [1.807, 2.05) is 0 Å². The van der Waals surface area contributed by atoms with Crippen molar-refractivity contribution in [1.29, 1.82) is 0 Å². The quantitative estimate of drug-likeness (QED) is 0.867. The van der Waals surface area contributed by atoms with Gasteiger partial charge in [0.1, 0.15) is 5.82 Å². The lowest BCUT2D eigenvalue weighted by Crippen LogP contribution is -1.95. The third-order valence-electron chi connectivity index (χ3n) is 1.87. The normalized spacial score (nSPS) is 10.2. The van der Waals surface area contributed by atoms with Gasteiger partial charge in [-0.3, -0.25) is 0 Å². The zero-order chi connectivity index (χ0) is 11.5. The van der Waals surface area contributed by atoms with Crippen LogP contribution in [-0.4, -0.2) is 4.98 Å². The first-order valence-corrected chi connectivity index (χ1v) is 4.79. The van der Waals surface area contributed by atoms with E-state index in [9.17, 15) is 8.78 Å². The summed E-state index contributed by atoms with van der Waals surface area (Å²) in [5.41, 5.74) is 0.263. The molecule has 0 unspecified atom stereocenters. The lowest BCUT2D eigenvalue weighted by atomic mass is 10.3. The molecule has 0 atom stereocenters. The highest BCUT2D eigenvalue weighted by Gasteiger charge is 2.05. The fourth-order valence-electron chi connectivity index (χ4n) is 1.12. The molecule has 0 saturated heterocycles. The lowest BCUT2D eigenvalue weighted by Gasteiger charge is -2.06. The summed E-state index contributed by atoms with van der Waals surface area (Å²) in [6.45, 7) is 0. The second-order valence-corrected chi connectivity index (χ2v) is 3.41. The summed E-state index contributed by atoms with van der Waals surface area (Å²) in [4.78, 5) is 3.95. The third kappa shape index (κ3) is 2.28. The monoisotopic (exact) mass is 239 g/mol. The van der Waals surface area contributed by atoms with Crippen LogP contribution in [-0.2, 0) is 0 Å². The Morgan fingerprint density at radius 3 is 2.81 bits per heavy atom. The Morgan fingerprint density at radius 2 is 2.12 bits per heavy atom. The van der Waals surface area contributed by atoms with Gasteiger partial charge in [0.25, 0.3) is 0 Å². The van der Waals surface area contributed by atoms with E-state index in [0.717, 1.165) is 12.1 Å². The maximum Gasteiger partial charge on any atom is 0.160 e. The highest BCUT2D eigenvalue weighted by atomic mass is 35.5. The van der Waals surface area contributed by atoms with Crippen LogP contribution in [0.3, 0.4) is 0 Å². The molecule has 2 nitrogen and oxygen atoms in total. The molecule has 0 aliphatic rings. The summed E-state index contributed by atoms with van der Waals surface area (Å²) in [6, 6.07) is 7.73. The van der Waals surface area contributed by atoms with Crippen LogP contribution in [0.4, 0.5) is 20.3 Å². The second-order valence-electron chi connectivity index (χ2n) is 3.00. The maximum absolute atomic E-state index is 12.9. The topological polar surface area (TPSA) is 24.9 Å². The fraction of sp³-hybridized carbons (Fsp3) is 0. The van der Waals surface area contributed by atoms with Gasteiger partial charge < -0.3 is 5.32 Å². The predicted octanol–water partition coefficient (Wildman–Crippen LogP) is 3.56. The summed E-state index contributed by atoms with van der Waals surface area (Å²) < 4.78 is 25.5. The van der Waals surface area contributed by atoms with Gasteiger partial charge in [-0.1, -0.05) is 11.6 Å². The molecule has 0 aliphatic carbocycles. The third-order valence-corrected chi connectivity index (χ3v) is 2.17. The molecular weight excluding hydrogens is 234 g/mol. The van der Waals surface area contributed by atoms with Crippen molar-refractivity contribution >= 4 is 23.1 Å². The standard InChI is InChI=1S/C11H6ClF2N2/c12-8-2-1-5-15-11(8)16-7-3-4-9(13)10(14)6-7/h1-2,4-6H,(H,15,16). The van der Waals surface area contributed by atoms with Crippen LogP contribution in [0.1, 0.15) is 0 Å². The van der Waals surface area contributed by atoms with Gasteiger partial charge in [0.05, 0.1) is 10.7 Å². The van der Waals surface area contributed by atoms with Gasteiger partial charge in [-0.05, 0) is 18.2 Å². The molecule has 0 amide bonds. The van der Waals surface area contributed by atoms with Gasteiger partial charge >= 0.3 is 0 Å². The van der Waals surface area contributed by atoms with E-state index in [2.05, 4.69) is 16.4 Å². The highest BCUT2D eigenvalue weighted by Crippen LogP contribution is 2.22. The number of anilines is 2. The van der Waals surface area contributed by atoms with E-state index in [1.165, 1.54) is 6.20 Å². The number of nitrogens with zero attached hydrogens (tertiary/aromatic N) is 1. The van der Waals surface area contributed by atoms with Crippen molar-refractivity contribution in [2.75, 3.05) is 5.32 Å². The number of hydrogen-bond acceptors (Lipinski definition) is 2. The number of halogens is 3. The minimum Gasteiger partial charge on any atom is -0.338 e. The Hall–Kier alpha value is -1.68. The SMILES string of the molecule is Fc1c[c]c(Nc2ncccc2Cl)cc1F. The first kappa shape index (κ1) is 10.8. The molecule has 1 aromatic heterocycles. The van der Waals surface area contributed by atoms with Gasteiger partial charge in [-0.25, -0.2) is 13.8 Å². The van der Waals surface area contributed by atoms with Crippen LogP contribution in [0.5, 0.6) is 0 Å². The first-order valence-electron chi connectivity index (χ1n) is 4.41. The number of aromatic nitrogens is 1. The lowest BCUT2D eigenvalue weighted by molar-refractivity contribution is 0.509. The van der Waals surface area contributed by atoms with E-state index >= 15 is 0 Å². The van der Waals surface area contributed by atoms with Crippen molar-refractivity contribution in [3.63, 3.8) is 0 Å². The highest BCUT2D eigenvalue weighted by molar-refractivity contribution is 6.33. The average molecular weight is 240 g/mol. The molecule has 16 heavy (non-hydrogen) atoms. The maximum atomic E-state index is 12.9. The van der Waals surface area contributed by atoms with E-state index in [4.69, 9.17) is 11.6 Å². The van der Waals surface area contributed by atoms with E-state index in [1.54, 1.807) is 12.1 Å². The van der Waals surface area contributed by atoms with Gasteiger partial charge in [-0.15, -0.1) is 0 Å². The van der Waals surface area contributed by atoms with Crippen molar-refractivity contribution in [2.24, 2.45) is 0 Å². The second kappa shape index (κ2) is 4.45. The summed E-state index contributed by atoms with van der Waals surface area (Å²) in [5, 5.41) is 3.12. The van der Waals surface area contributed by atoms with E-state index in [-0.39, 0.29) is 5.69 Å². The molecule has 0 spiro atoms. The van der Waals surface area contributed by atoms with Gasteiger partial charge in [0.2, 0.25) is 0 Å². The van der Waals surface area contributed by atoms with E-state index in [0.29, 0.717) is 10.8 Å². The molecule has 81 valence electrons. The van der Waals surface area contributed by atoms with Gasteiger partial charge in [0.15, 0.2) is 11.6 Å². The molecular formula is C11H6ClF2N2. The fourth-order valence-corrected chi connectivity index (χ4v) is 1.29. The van der Waals surface area contributed by atoms with Crippen molar-refractivity contribution in [2.45, 2.75) is 0 Å². The van der Waals surface area contributed by atoms with Gasteiger partial charge in [0, 0.05) is 18.3 Å². The summed E-state index contributed by atoms with van der Waals surface area (Å²) in [6.07, 6.45) is 1.54. The zero-order valence-electron chi connectivity index (χ0n) is 7.97. The van der Waals surface area contributed by atoms with Crippen molar-refractivity contribution < 1.29 is 8.78 Å². The van der Waals surface area contributed by atoms with Crippen LogP contribution in [0, 0.1) is 17.7 Å². The number of benzene rings is 1. The van der Waals surface area contributed by atoms with Crippen LogP contribution in [0.15, 0.2) is 30.5 Å². The molecule has 0 bridgehead atoms. The van der Waals surface area contributed by atoms with Crippen LogP contribution < -0.4 is 5.32 Å². The molecule has 0 aliphatic heterocycles. The zero-order valence-corrected chi connectivity index (χ0v) is 8.72. The van der Waals surface area contributed by atoms with Crippen LogP contribution in [0.2, 0.25) is 5.02 Å². The van der Waals surface area contributed by atoms with Crippen molar-refractivity contribution in [1.82, 2.24) is 4.98 Å². The van der Waals surface area contributed by atoms with Crippen molar-refractivity contribution in [3.05, 3.63) is 53.2 Å². The Labute approximate surface area is 95.9 Å². The number of hydrogen-bond donors (Lipinski definition) is 1. The Balaban J connectivity index is 2.28. The molecule has 1 N–H and O–H groups in total. The van der Waals surface area contributed by atoms with Crippen LogP contribution >= 0.6 is 11.6 Å². The Kier molecular flexibility index (Phi) is 3.01. The summed E-state index contributed by atoms with van der Waals surface area (Å²) in [5.74, 6) is -1.53. The Bertz CT molecular complexity index is 517. The molecule has 2 rings (SSSR count). The van der Waals surface area contributed by atoms with E-state index < -0.39 is 11.6 Å². The molecule has 5 heteroatoms. The smallest absolute Gasteiger partial charge is 0.160 e. The first-order chi connectivity index (χ1) is 7.66. The van der Waals surface area contributed by atoms with Gasteiger partial charge in [-0.2, -0.15) is 0 Å². The molecule has 1 radical (unpaired) electrons. The largest absolute Gasteiger partial charge is 0.338 e. The average Bonchev–Trinajstić information content (AvgIpc) is 2.27. The minimum absolute atomic E-state index is 0.263. The molecule has 1 heterocycles. The summed E-state index contributed by atoms with van der Waals surface area (Å²) >= 11 is 5.84. The molecule has 2 aromatic rings. The molecule has 0 fully saturated rings. The number of rotatable bonds is 2. The summed E-state index contributed by atoms with van der Waals surface area (Å²) in [7, 11) is 0. The minimum atomic E-state index is -0.951. The number of pyridine rings is 1.